The van der Waals surface area contributed by atoms with E-state index in [1.54, 1.807) is 17.0 Å². The van der Waals surface area contributed by atoms with Crippen molar-refractivity contribution >= 4 is 29.0 Å². The lowest BCUT2D eigenvalue weighted by Crippen LogP contribution is -2.19. The van der Waals surface area contributed by atoms with Crippen LogP contribution >= 0.6 is 23.1 Å². The van der Waals surface area contributed by atoms with Crippen LogP contribution in [0.2, 0.25) is 0 Å². The van der Waals surface area contributed by atoms with Crippen LogP contribution in [0.4, 0.5) is 8.78 Å². The predicted octanol–water partition coefficient (Wildman–Crippen LogP) is 2.86. The second-order valence-corrected chi connectivity index (χ2v) is 7.49. The van der Waals surface area contributed by atoms with E-state index in [1.807, 2.05) is 0 Å². The summed E-state index contributed by atoms with van der Waals surface area (Å²) in [4.78, 5) is 11.7. The van der Waals surface area contributed by atoms with Crippen LogP contribution in [0.3, 0.4) is 0 Å². The normalized spacial score (nSPS) is 12.9. The van der Waals surface area contributed by atoms with E-state index in [0.29, 0.717) is 35.4 Å². The third kappa shape index (κ3) is 3.19. The average Bonchev–Trinajstić information content (AvgIpc) is 3.27. The van der Waals surface area contributed by atoms with Gasteiger partial charge in [0.2, 0.25) is 0 Å². The third-order valence-corrected chi connectivity index (χ3v) is 5.96. The maximum Gasteiger partial charge on any atom is 0.274 e. The Morgan fingerprint density at radius 2 is 2.00 bits per heavy atom. The zero-order valence-electron chi connectivity index (χ0n) is 14.2. The summed E-state index contributed by atoms with van der Waals surface area (Å²) in [6.45, 7) is 0.881. The first-order chi connectivity index (χ1) is 13.5. The fourth-order valence-electron chi connectivity index (χ4n) is 2.56. The van der Waals surface area contributed by atoms with Crippen molar-refractivity contribution in [2.75, 3.05) is 13.2 Å². The minimum atomic E-state index is -1.01. The number of fused-ring (bicyclic) bond motifs is 1. The van der Waals surface area contributed by atoms with Gasteiger partial charge in [-0.15, -0.1) is 21.5 Å². The van der Waals surface area contributed by atoms with Crippen molar-refractivity contribution in [3.05, 3.63) is 34.7 Å². The molecule has 2 N–H and O–H groups in total. The van der Waals surface area contributed by atoms with Gasteiger partial charge in [-0.05, 0) is 23.9 Å². The van der Waals surface area contributed by atoms with Gasteiger partial charge in [-0.25, -0.2) is 14.3 Å². The second kappa shape index (κ2) is 7.37. The molecule has 3 aromatic rings. The molecule has 1 aromatic carbocycles. The number of amides is 1. The van der Waals surface area contributed by atoms with Crippen LogP contribution in [0, 0.1) is 11.6 Å². The van der Waals surface area contributed by atoms with E-state index in [-0.39, 0.29) is 15.6 Å². The summed E-state index contributed by atoms with van der Waals surface area (Å²) in [6.07, 6.45) is 0. The maximum atomic E-state index is 14.3. The number of ether oxygens (including phenoxy) is 2. The number of aromatic nitrogens is 3. The lowest BCUT2D eigenvalue weighted by molar-refractivity contribution is 0.0705. The number of nitrogens with zero attached hydrogens (tertiary/aromatic N) is 3. The van der Waals surface area contributed by atoms with E-state index in [1.165, 1.54) is 16.8 Å². The largest absolute Gasteiger partial charge is 0.485 e. The minimum absolute atomic E-state index is 0.242. The van der Waals surface area contributed by atoms with Crippen molar-refractivity contribution in [2.45, 2.75) is 10.1 Å². The van der Waals surface area contributed by atoms with Crippen LogP contribution in [0.15, 0.2) is 27.6 Å². The average molecular weight is 426 g/mol. The molecule has 4 rings (SSSR count). The molecule has 0 bridgehead atoms. The summed E-state index contributed by atoms with van der Waals surface area (Å²) < 4.78 is 41.4. The number of halogens is 2. The summed E-state index contributed by atoms with van der Waals surface area (Å²) >= 11 is 2.10. The lowest BCUT2D eigenvalue weighted by atomic mass is 10.2. The van der Waals surface area contributed by atoms with Gasteiger partial charge >= 0.3 is 0 Å². The van der Waals surface area contributed by atoms with Crippen LogP contribution in [0.5, 0.6) is 11.5 Å². The SMILES string of the molecule is Cn1c(Sc2c(F)cc(C(=O)NO)cc2F)nnc1-c1scc2c1OCCO2. The highest BCUT2D eigenvalue weighted by atomic mass is 32.2. The Morgan fingerprint density at radius 1 is 1.29 bits per heavy atom. The van der Waals surface area contributed by atoms with Gasteiger partial charge in [0.05, 0.1) is 4.90 Å². The first-order valence-corrected chi connectivity index (χ1v) is 9.57. The summed E-state index contributed by atoms with van der Waals surface area (Å²) in [6, 6.07) is 1.66. The summed E-state index contributed by atoms with van der Waals surface area (Å²) in [5, 5.41) is 18.8. The first kappa shape index (κ1) is 18.7. The molecular weight excluding hydrogens is 414 g/mol. The minimum Gasteiger partial charge on any atom is -0.485 e. The molecule has 1 aliphatic heterocycles. The van der Waals surface area contributed by atoms with Crippen LogP contribution in [0.1, 0.15) is 10.4 Å². The Labute approximate surface area is 165 Å². The molecule has 3 heterocycles. The highest BCUT2D eigenvalue weighted by molar-refractivity contribution is 7.99. The van der Waals surface area contributed by atoms with E-state index in [4.69, 9.17) is 14.7 Å². The Morgan fingerprint density at radius 3 is 2.71 bits per heavy atom. The Balaban J connectivity index is 1.66. The van der Waals surface area contributed by atoms with Crippen molar-refractivity contribution in [2.24, 2.45) is 7.05 Å². The third-order valence-electron chi connectivity index (χ3n) is 3.89. The molecule has 1 amide bonds. The number of benzene rings is 1. The molecule has 0 unspecified atom stereocenters. The summed E-state index contributed by atoms with van der Waals surface area (Å²) in [5.74, 6) is -1.27. The van der Waals surface area contributed by atoms with Gasteiger partial charge in [-0.3, -0.25) is 10.0 Å². The molecular formula is C16H12F2N4O4S2. The molecule has 0 atom stereocenters. The fourth-order valence-corrected chi connectivity index (χ4v) is 4.31. The van der Waals surface area contributed by atoms with Gasteiger partial charge in [-0.1, -0.05) is 0 Å². The van der Waals surface area contributed by atoms with E-state index < -0.39 is 17.5 Å². The molecule has 0 saturated carbocycles. The maximum absolute atomic E-state index is 14.3. The molecule has 12 heteroatoms. The van der Waals surface area contributed by atoms with Crippen molar-refractivity contribution in [3.8, 4) is 22.2 Å². The predicted molar refractivity (Wildman–Crippen MR) is 95.0 cm³/mol. The molecule has 146 valence electrons. The molecule has 0 aliphatic carbocycles. The molecule has 0 fully saturated rings. The van der Waals surface area contributed by atoms with Gasteiger partial charge in [0, 0.05) is 18.0 Å². The smallest absolute Gasteiger partial charge is 0.274 e. The number of carbonyl (C=O) groups is 1. The van der Waals surface area contributed by atoms with E-state index >= 15 is 0 Å². The van der Waals surface area contributed by atoms with Gasteiger partial charge < -0.3 is 14.0 Å². The molecule has 8 nitrogen and oxygen atoms in total. The van der Waals surface area contributed by atoms with Gasteiger partial charge in [0.25, 0.3) is 5.91 Å². The molecule has 0 spiro atoms. The van der Waals surface area contributed by atoms with Crippen molar-refractivity contribution in [1.82, 2.24) is 20.2 Å². The molecule has 2 aromatic heterocycles. The van der Waals surface area contributed by atoms with Crippen LogP contribution in [0.25, 0.3) is 10.7 Å². The van der Waals surface area contributed by atoms with E-state index in [9.17, 15) is 13.6 Å². The van der Waals surface area contributed by atoms with Crippen molar-refractivity contribution < 1.29 is 28.3 Å². The Bertz CT molecular complexity index is 1050. The highest BCUT2D eigenvalue weighted by Crippen LogP contribution is 2.45. The molecule has 28 heavy (non-hydrogen) atoms. The number of hydrogen-bond donors (Lipinski definition) is 2. The molecule has 1 aliphatic rings. The zero-order valence-corrected chi connectivity index (χ0v) is 15.9. The number of rotatable bonds is 4. The van der Waals surface area contributed by atoms with Crippen LogP contribution in [-0.2, 0) is 7.05 Å². The van der Waals surface area contributed by atoms with Crippen LogP contribution < -0.4 is 15.0 Å². The number of carbonyl (C=O) groups excluding carboxylic acids is 1. The van der Waals surface area contributed by atoms with Crippen molar-refractivity contribution in [1.29, 1.82) is 0 Å². The van der Waals surface area contributed by atoms with Gasteiger partial charge in [-0.2, -0.15) is 0 Å². The monoisotopic (exact) mass is 426 g/mol. The topological polar surface area (TPSA) is 98.5 Å². The number of thiophene rings is 1. The summed E-state index contributed by atoms with van der Waals surface area (Å²) in [5.41, 5.74) is 0.987. The Kier molecular flexibility index (Phi) is 4.91. The zero-order chi connectivity index (χ0) is 19.8. The van der Waals surface area contributed by atoms with Gasteiger partial charge in [0.15, 0.2) is 22.5 Å². The lowest BCUT2D eigenvalue weighted by Gasteiger charge is -2.15. The summed E-state index contributed by atoms with van der Waals surface area (Å²) in [7, 11) is 1.66. The van der Waals surface area contributed by atoms with Gasteiger partial charge in [0.1, 0.15) is 29.7 Å². The second-order valence-electron chi connectivity index (χ2n) is 5.63. The van der Waals surface area contributed by atoms with E-state index in [0.717, 1.165) is 23.9 Å². The fraction of sp³-hybridized carbons (Fsp3) is 0.188. The number of nitrogens with one attached hydrogen (secondary N) is 1. The van der Waals surface area contributed by atoms with Crippen molar-refractivity contribution in [3.63, 3.8) is 0 Å². The standard InChI is InChI=1S/C16H12F2N4O4S2/c1-22-14(13-11-10(6-27-13)25-2-3-26-11)19-20-16(22)28-12-8(17)4-7(5-9(12)18)15(23)21-24/h4-6,24H,2-3H2,1H3,(H,21,23). The van der Waals surface area contributed by atoms with E-state index in [2.05, 4.69) is 10.2 Å². The number of hydrogen-bond acceptors (Lipinski definition) is 8. The number of hydroxylamine groups is 1. The Hall–Kier alpha value is -2.70. The quantitative estimate of drug-likeness (QED) is 0.489. The first-order valence-electron chi connectivity index (χ1n) is 7.87. The highest BCUT2D eigenvalue weighted by Gasteiger charge is 2.25. The molecule has 0 saturated heterocycles. The van der Waals surface area contributed by atoms with Crippen LogP contribution in [-0.4, -0.2) is 39.1 Å². The molecule has 0 radical (unpaired) electrons.